The van der Waals surface area contributed by atoms with E-state index in [1.165, 1.54) is 23.8 Å². The fourth-order valence-electron chi connectivity index (χ4n) is 2.78. The summed E-state index contributed by atoms with van der Waals surface area (Å²) in [6.07, 6.45) is 3.16. The van der Waals surface area contributed by atoms with Gasteiger partial charge < -0.3 is 4.90 Å². The van der Waals surface area contributed by atoms with E-state index >= 15 is 0 Å². The Bertz CT molecular complexity index is 641. The molecule has 1 aliphatic rings. The van der Waals surface area contributed by atoms with E-state index in [2.05, 4.69) is 29.2 Å². The quantitative estimate of drug-likeness (QED) is 0.767. The van der Waals surface area contributed by atoms with Crippen LogP contribution in [-0.2, 0) is 0 Å². The lowest BCUT2D eigenvalue weighted by Gasteiger charge is -2.12. The van der Waals surface area contributed by atoms with E-state index in [9.17, 15) is 4.79 Å². The van der Waals surface area contributed by atoms with Crippen molar-refractivity contribution in [1.82, 2.24) is 4.90 Å². The van der Waals surface area contributed by atoms with Gasteiger partial charge in [0.1, 0.15) is 0 Å². The minimum absolute atomic E-state index is 0.247. The summed E-state index contributed by atoms with van der Waals surface area (Å²) in [5, 5.41) is 2.39. The minimum Gasteiger partial charge on any atom is -0.309 e. The van der Waals surface area contributed by atoms with E-state index in [1.807, 2.05) is 26.2 Å². The summed E-state index contributed by atoms with van der Waals surface area (Å²) in [7, 11) is 4.00. The molecule has 0 radical (unpaired) electrons. The van der Waals surface area contributed by atoms with Crippen LogP contribution < -0.4 is 0 Å². The molecule has 0 spiro atoms. The van der Waals surface area contributed by atoms with Gasteiger partial charge in [0.25, 0.3) is 0 Å². The zero-order chi connectivity index (χ0) is 14.1. The lowest BCUT2D eigenvalue weighted by atomic mass is 9.94. The van der Waals surface area contributed by atoms with E-state index in [1.54, 1.807) is 0 Å². The van der Waals surface area contributed by atoms with Gasteiger partial charge >= 0.3 is 0 Å². The Morgan fingerprint density at radius 3 is 2.45 bits per heavy atom. The summed E-state index contributed by atoms with van der Waals surface area (Å²) in [5.41, 5.74) is 2.30. The molecule has 2 aromatic carbocycles. The zero-order valence-corrected chi connectivity index (χ0v) is 12.2. The number of hydrogen-bond acceptors (Lipinski definition) is 2. The first kappa shape index (κ1) is 13.3. The number of hydrogen-bond donors (Lipinski definition) is 0. The molecule has 0 unspecified atom stereocenters. The number of fused-ring (bicyclic) bond motifs is 1. The number of benzene rings is 2. The third-order valence-electron chi connectivity index (χ3n) is 4.06. The summed E-state index contributed by atoms with van der Waals surface area (Å²) in [6.45, 7) is 0.803. The number of Topliss-reactive ketones (excluding diaryl/α,β-unsaturated/α-hetero) is 1. The maximum atomic E-state index is 12.4. The Labute approximate surface area is 120 Å². The molecule has 0 bridgehead atoms. The predicted molar refractivity (Wildman–Crippen MR) is 83.4 cm³/mol. The average Bonchev–Trinajstić information content (AvgIpc) is 3.28. The second kappa shape index (κ2) is 5.37. The van der Waals surface area contributed by atoms with Crippen molar-refractivity contribution in [2.45, 2.75) is 25.2 Å². The first-order chi connectivity index (χ1) is 9.66. The SMILES string of the molecule is CN(C)CCC(=O)c1ccc(C2CC2)c2ccccc12. The van der Waals surface area contributed by atoms with Crippen LogP contribution in [0.2, 0.25) is 0 Å². The smallest absolute Gasteiger partial charge is 0.164 e. The molecule has 2 aromatic rings. The van der Waals surface area contributed by atoms with Crippen molar-refractivity contribution in [3.63, 3.8) is 0 Å². The Balaban J connectivity index is 1.99. The Morgan fingerprint density at radius 2 is 1.80 bits per heavy atom. The second-order valence-electron chi connectivity index (χ2n) is 6.00. The lowest BCUT2D eigenvalue weighted by molar-refractivity contribution is 0.0974. The molecule has 1 fully saturated rings. The van der Waals surface area contributed by atoms with Crippen molar-refractivity contribution in [2.75, 3.05) is 20.6 Å². The van der Waals surface area contributed by atoms with Gasteiger partial charge in [0.05, 0.1) is 0 Å². The van der Waals surface area contributed by atoms with Crippen molar-refractivity contribution in [3.05, 3.63) is 47.5 Å². The molecule has 0 N–H and O–H groups in total. The first-order valence-electron chi connectivity index (χ1n) is 7.36. The van der Waals surface area contributed by atoms with E-state index in [0.29, 0.717) is 12.3 Å². The topological polar surface area (TPSA) is 20.3 Å². The van der Waals surface area contributed by atoms with E-state index in [4.69, 9.17) is 0 Å². The Hall–Kier alpha value is -1.67. The molecule has 0 saturated heterocycles. The summed E-state index contributed by atoms with van der Waals surface area (Å²) in [5.74, 6) is 0.961. The first-order valence-corrected chi connectivity index (χ1v) is 7.36. The van der Waals surface area contributed by atoms with Crippen LogP contribution in [0.1, 0.15) is 41.1 Å². The van der Waals surface area contributed by atoms with Crippen molar-refractivity contribution < 1.29 is 4.79 Å². The van der Waals surface area contributed by atoms with E-state index < -0.39 is 0 Å². The van der Waals surface area contributed by atoms with Gasteiger partial charge in [-0.3, -0.25) is 4.79 Å². The molecule has 2 heteroatoms. The Morgan fingerprint density at radius 1 is 1.10 bits per heavy atom. The third-order valence-corrected chi connectivity index (χ3v) is 4.06. The van der Waals surface area contributed by atoms with Crippen LogP contribution in [0.3, 0.4) is 0 Å². The van der Waals surface area contributed by atoms with Gasteiger partial charge in [-0.25, -0.2) is 0 Å². The van der Waals surface area contributed by atoms with Crippen LogP contribution in [0, 0.1) is 0 Å². The molecule has 0 amide bonds. The fraction of sp³-hybridized carbons (Fsp3) is 0.389. The van der Waals surface area contributed by atoms with E-state index in [0.717, 1.165) is 17.5 Å². The van der Waals surface area contributed by atoms with Gasteiger partial charge in [0.2, 0.25) is 0 Å². The van der Waals surface area contributed by atoms with Crippen LogP contribution >= 0.6 is 0 Å². The Kier molecular flexibility index (Phi) is 3.58. The van der Waals surface area contributed by atoms with Crippen LogP contribution in [0.25, 0.3) is 10.8 Å². The maximum Gasteiger partial charge on any atom is 0.164 e. The molecule has 0 atom stereocenters. The van der Waals surface area contributed by atoms with Gasteiger partial charge in [-0.2, -0.15) is 0 Å². The summed E-state index contributed by atoms with van der Waals surface area (Å²) in [6, 6.07) is 12.6. The highest BCUT2D eigenvalue weighted by Crippen LogP contribution is 2.43. The minimum atomic E-state index is 0.247. The highest BCUT2D eigenvalue weighted by atomic mass is 16.1. The molecule has 2 nitrogen and oxygen atoms in total. The summed E-state index contributed by atoms with van der Waals surface area (Å²) in [4.78, 5) is 14.5. The molecule has 0 aromatic heterocycles. The molecule has 3 rings (SSSR count). The molecule has 1 saturated carbocycles. The highest BCUT2D eigenvalue weighted by Gasteiger charge is 2.26. The molecule has 104 valence electrons. The number of ketones is 1. The monoisotopic (exact) mass is 267 g/mol. The van der Waals surface area contributed by atoms with Crippen molar-refractivity contribution in [3.8, 4) is 0 Å². The van der Waals surface area contributed by atoms with Crippen LogP contribution in [-0.4, -0.2) is 31.3 Å². The van der Waals surface area contributed by atoms with Crippen LogP contribution in [0.15, 0.2) is 36.4 Å². The summed E-state index contributed by atoms with van der Waals surface area (Å²) < 4.78 is 0. The van der Waals surface area contributed by atoms with Gasteiger partial charge in [0.15, 0.2) is 5.78 Å². The predicted octanol–water partition coefficient (Wildman–Crippen LogP) is 3.85. The van der Waals surface area contributed by atoms with Crippen molar-refractivity contribution in [1.29, 1.82) is 0 Å². The van der Waals surface area contributed by atoms with Crippen LogP contribution in [0.4, 0.5) is 0 Å². The zero-order valence-electron chi connectivity index (χ0n) is 12.2. The highest BCUT2D eigenvalue weighted by molar-refractivity contribution is 6.09. The van der Waals surface area contributed by atoms with E-state index in [-0.39, 0.29) is 5.78 Å². The van der Waals surface area contributed by atoms with Gasteiger partial charge in [-0.1, -0.05) is 36.4 Å². The number of carbonyl (C=O) groups is 1. The lowest BCUT2D eigenvalue weighted by Crippen LogP contribution is -2.16. The maximum absolute atomic E-state index is 12.4. The molecular formula is C18H21NO. The number of rotatable bonds is 5. The fourth-order valence-corrected chi connectivity index (χ4v) is 2.78. The number of carbonyl (C=O) groups excluding carboxylic acids is 1. The standard InChI is InChI=1S/C18H21NO/c1-19(2)12-11-18(20)17-10-9-14(13-7-8-13)15-5-3-4-6-16(15)17/h3-6,9-10,13H,7-8,11-12H2,1-2H3. The average molecular weight is 267 g/mol. The third kappa shape index (κ3) is 2.61. The van der Waals surface area contributed by atoms with Gasteiger partial charge in [-0.05, 0) is 49.2 Å². The number of nitrogens with zero attached hydrogens (tertiary/aromatic N) is 1. The van der Waals surface area contributed by atoms with Gasteiger partial charge in [-0.15, -0.1) is 0 Å². The molecule has 0 heterocycles. The van der Waals surface area contributed by atoms with Crippen molar-refractivity contribution in [2.24, 2.45) is 0 Å². The van der Waals surface area contributed by atoms with Gasteiger partial charge in [0, 0.05) is 18.5 Å². The summed E-state index contributed by atoms with van der Waals surface area (Å²) >= 11 is 0. The molecule has 0 aliphatic heterocycles. The normalized spacial score (nSPS) is 14.9. The second-order valence-corrected chi connectivity index (χ2v) is 6.00. The molecule has 20 heavy (non-hydrogen) atoms. The molecular weight excluding hydrogens is 246 g/mol. The largest absolute Gasteiger partial charge is 0.309 e. The van der Waals surface area contributed by atoms with Crippen molar-refractivity contribution >= 4 is 16.6 Å². The molecule has 1 aliphatic carbocycles. The van der Waals surface area contributed by atoms with Crippen LogP contribution in [0.5, 0.6) is 0 Å².